The second-order valence-electron chi connectivity index (χ2n) is 7.31. The lowest BCUT2D eigenvalue weighted by Gasteiger charge is -2.29. The molecule has 2 aromatic rings. The van der Waals surface area contributed by atoms with Gasteiger partial charge in [0.05, 0.1) is 31.5 Å². The summed E-state index contributed by atoms with van der Waals surface area (Å²) in [6.07, 6.45) is 0.694. The highest BCUT2D eigenvalue weighted by molar-refractivity contribution is 6.30. The number of carbonyl (C=O) groups excluding carboxylic acids is 1. The van der Waals surface area contributed by atoms with Crippen LogP contribution in [-0.4, -0.2) is 54.4 Å². The number of aryl methyl sites for hydroxylation is 1. The summed E-state index contributed by atoms with van der Waals surface area (Å²) in [4.78, 5) is 15.2. The van der Waals surface area contributed by atoms with Crippen molar-refractivity contribution in [3.05, 3.63) is 70.2 Å². The molecule has 4 rings (SSSR count). The van der Waals surface area contributed by atoms with Gasteiger partial charge in [0.25, 0.3) is 5.91 Å². The third-order valence-corrected chi connectivity index (χ3v) is 5.49. The number of hydrogen-bond donors (Lipinski definition) is 0. The predicted molar refractivity (Wildman–Crippen MR) is 111 cm³/mol. The van der Waals surface area contributed by atoms with Crippen LogP contribution in [0.4, 0.5) is 0 Å². The Hall–Kier alpha value is -2.21. The molecule has 0 spiro atoms. The molecule has 146 valence electrons. The van der Waals surface area contributed by atoms with E-state index in [1.165, 1.54) is 5.56 Å². The highest BCUT2D eigenvalue weighted by atomic mass is 35.5. The predicted octanol–water partition coefficient (Wildman–Crippen LogP) is 3.66. The Balaban J connectivity index is 1.60. The molecular weight excluding hydrogens is 374 g/mol. The highest BCUT2D eigenvalue weighted by Crippen LogP contribution is 2.33. The van der Waals surface area contributed by atoms with Gasteiger partial charge in [0.1, 0.15) is 0 Å². The number of amides is 1. The number of hydrazone groups is 1. The molecule has 1 unspecified atom stereocenters. The molecular formula is C22H24ClN3O2. The molecule has 2 aliphatic heterocycles. The van der Waals surface area contributed by atoms with Gasteiger partial charge in [0.2, 0.25) is 0 Å². The molecule has 0 radical (unpaired) electrons. The third kappa shape index (κ3) is 4.27. The summed E-state index contributed by atoms with van der Waals surface area (Å²) >= 11 is 6.06. The number of ether oxygens (including phenoxy) is 1. The van der Waals surface area contributed by atoms with Crippen LogP contribution in [0.2, 0.25) is 5.02 Å². The Kier molecular flexibility index (Phi) is 5.76. The summed E-state index contributed by atoms with van der Waals surface area (Å²) in [6, 6.07) is 15.9. The van der Waals surface area contributed by atoms with E-state index in [-0.39, 0.29) is 11.9 Å². The summed E-state index contributed by atoms with van der Waals surface area (Å²) in [6.45, 7) is 5.33. The zero-order valence-corrected chi connectivity index (χ0v) is 16.7. The summed E-state index contributed by atoms with van der Waals surface area (Å²) in [5.74, 6) is 0.0181. The summed E-state index contributed by atoms with van der Waals surface area (Å²) in [5, 5.41) is 7.11. The fourth-order valence-corrected chi connectivity index (χ4v) is 3.83. The Morgan fingerprint density at radius 1 is 1.18 bits per heavy atom. The average Bonchev–Trinajstić information content (AvgIpc) is 3.15. The molecule has 0 aliphatic carbocycles. The molecule has 5 nitrogen and oxygen atoms in total. The van der Waals surface area contributed by atoms with Crippen LogP contribution in [0.3, 0.4) is 0 Å². The van der Waals surface area contributed by atoms with Crippen LogP contribution in [0.15, 0.2) is 53.6 Å². The number of nitrogens with zero attached hydrogens (tertiary/aromatic N) is 3. The van der Waals surface area contributed by atoms with E-state index in [0.29, 0.717) is 31.2 Å². The second-order valence-corrected chi connectivity index (χ2v) is 7.75. The standard InChI is InChI=1S/C22H24ClN3O2/c1-16-3-2-4-18(13-16)20-14-21(17-5-7-19(23)8-6-17)26(24-20)22(27)15-25-9-11-28-12-10-25/h2-8,13,21H,9-12,14-15H2,1H3. The van der Waals surface area contributed by atoms with E-state index in [1.54, 1.807) is 5.01 Å². The average molecular weight is 398 g/mol. The SMILES string of the molecule is Cc1cccc(C2=NN(C(=O)CN3CCOCC3)C(c3ccc(Cl)cc3)C2)c1. The lowest BCUT2D eigenvalue weighted by molar-refractivity contribution is -0.135. The van der Waals surface area contributed by atoms with Gasteiger partial charge in [0.15, 0.2) is 0 Å². The van der Waals surface area contributed by atoms with Crippen molar-refractivity contribution in [3.63, 3.8) is 0 Å². The number of hydrogen-bond acceptors (Lipinski definition) is 4. The van der Waals surface area contributed by atoms with Gasteiger partial charge in [-0.25, -0.2) is 5.01 Å². The maximum Gasteiger partial charge on any atom is 0.257 e. The van der Waals surface area contributed by atoms with E-state index in [2.05, 4.69) is 30.0 Å². The molecule has 2 aromatic carbocycles. The summed E-state index contributed by atoms with van der Waals surface area (Å²) < 4.78 is 5.39. The molecule has 0 bridgehead atoms. The van der Waals surface area contributed by atoms with E-state index in [4.69, 9.17) is 21.4 Å². The largest absolute Gasteiger partial charge is 0.379 e. The molecule has 0 N–H and O–H groups in total. The smallest absolute Gasteiger partial charge is 0.257 e. The molecule has 1 amide bonds. The van der Waals surface area contributed by atoms with Gasteiger partial charge < -0.3 is 4.74 Å². The zero-order valence-electron chi connectivity index (χ0n) is 16.0. The van der Waals surface area contributed by atoms with Crippen LogP contribution in [0.1, 0.15) is 29.2 Å². The molecule has 2 heterocycles. The Bertz CT molecular complexity index is 876. The minimum atomic E-state index is -0.110. The minimum absolute atomic E-state index is 0.0181. The van der Waals surface area contributed by atoms with Crippen LogP contribution >= 0.6 is 11.6 Å². The molecule has 2 aliphatic rings. The van der Waals surface area contributed by atoms with E-state index < -0.39 is 0 Å². The van der Waals surface area contributed by atoms with E-state index in [9.17, 15) is 4.79 Å². The van der Waals surface area contributed by atoms with Crippen LogP contribution in [0, 0.1) is 6.92 Å². The van der Waals surface area contributed by atoms with Gasteiger partial charge >= 0.3 is 0 Å². The van der Waals surface area contributed by atoms with E-state index >= 15 is 0 Å². The van der Waals surface area contributed by atoms with Crippen LogP contribution in [-0.2, 0) is 9.53 Å². The van der Waals surface area contributed by atoms with Crippen LogP contribution in [0.25, 0.3) is 0 Å². The molecule has 1 saturated heterocycles. The lowest BCUT2D eigenvalue weighted by Crippen LogP contribution is -2.43. The van der Waals surface area contributed by atoms with Crippen molar-refractivity contribution in [1.82, 2.24) is 9.91 Å². The van der Waals surface area contributed by atoms with Crippen molar-refractivity contribution in [3.8, 4) is 0 Å². The first-order valence-electron chi connectivity index (χ1n) is 9.62. The number of halogens is 1. The number of morpholine rings is 1. The molecule has 6 heteroatoms. The van der Waals surface area contributed by atoms with Crippen molar-refractivity contribution >= 4 is 23.2 Å². The molecule has 0 aromatic heterocycles. The van der Waals surface area contributed by atoms with Gasteiger partial charge in [-0.05, 0) is 30.2 Å². The highest BCUT2D eigenvalue weighted by Gasteiger charge is 2.33. The number of carbonyl (C=O) groups is 1. The normalized spacial score (nSPS) is 20.3. The first-order chi connectivity index (χ1) is 13.6. The van der Waals surface area contributed by atoms with Gasteiger partial charge in [0, 0.05) is 24.5 Å². The topological polar surface area (TPSA) is 45.1 Å². The van der Waals surface area contributed by atoms with E-state index in [1.807, 2.05) is 30.3 Å². The number of rotatable bonds is 4. The molecule has 28 heavy (non-hydrogen) atoms. The van der Waals surface area contributed by atoms with Crippen LogP contribution < -0.4 is 0 Å². The first kappa shape index (κ1) is 19.1. The summed E-state index contributed by atoms with van der Waals surface area (Å²) in [5.41, 5.74) is 4.24. The van der Waals surface area contributed by atoms with Crippen molar-refractivity contribution in [2.24, 2.45) is 5.10 Å². The zero-order chi connectivity index (χ0) is 19.5. The number of benzene rings is 2. The van der Waals surface area contributed by atoms with E-state index in [0.717, 1.165) is 29.9 Å². The monoisotopic (exact) mass is 397 g/mol. The maximum absolute atomic E-state index is 13.1. The summed E-state index contributed by atoms with van der Waals surface area (Å²) in [7, 11) is 0. The second kappa shape index (κ2) is 8.43. The minimum Gasteiger partial charge on any atom is -0.379 e. The third-order valence-electron chi connectivity index (χ3n) is 5.23. The van der Waals surface area contributed by atoms with Gasteiger partial charge in [-0.3, -0.25) is 9.69 Å². The van der Waals surface area contributed by atoms with Crippen molar-refractivity contribution < 1.29 is 9.53 Å². The fourth-order valence-electron chi connectivity index (χ4n) is 3.71. The van der Waals surface area contributed by atoms with Crippen molar-refractivity contribution in [2.75, 3.05) is 32.8 Å². The molecule has 0 saturated carbocycles. The van der Waals surface area contributed by atoms with Gasteiger partial charge in [-0.1, -0.05) is 53.6 Å². The van der Waals surface area contributed by atoms with Crippen molar-refractivity contribution in [2.45, 2.75) is 19.4 Å². The molecule has 1 atom stereocenters. The van der Waals surface area contributed by atoms with Gasteiger partial charge in [-0.2, -0.15) is 5.10 Å². The quantitative estimate of drug-likeness (QED) is 0.790. The fraction of sp³-hybridized carbons (Fsp3) is 0.364. The van der Waals surface area contributed by atoms with Gasteiger partial charge in [-0.15, -0.1) is 0 Å². The lowest BCUT2D eigenvalue weighted by atomic mass is 9.97. The first-order valence-corrected chi connectivity index (χ1v) is 10.00. The Morgan fingerprint density at radius 3 is 2.64 bits per heavy atom. The Labute approximate surface area is 170 Å². The Morgan fingerprint density at radius 2 is 1.93 bits per heavy atom. The van der Waals surface area contributed by atoms with Crippen molar-refractivity contribution in [1.29, 1.82) is 0 Å². The van der Waals surface area contributed by atoms with Crippen LogP contribution in [0.5, 0.6) is 0 Å². The molecule has 1 fully saturated rings. The maximum atomic E-state index is 13.1.